The number of amides is 1. The molecule has 8 heteroatoms. The van der Waals surface area contributed by atoms with Crippen molar-refractivity contribution >= 4 is 35.1 Å². The minimum atomic E-state index is -0.720. The van der Waals surface area contributed by atoms with Gasteiger partial charge < -0.3 is 14.2 Å². The van der Waals surface area contributed by atoms with Crippen LogP contribution in [-0.4, -0.2) is 35.6 Å². The minimum absolute atomic E-state index is 0.114. The SMILES string of the molecule is COc1ccc(C2=N[C@@H](c3ccc(Cl)cc3)[C@H](c3ccc(Cl)cc3)N2C(=O)OC(C)(C)C)c(OC(C)C)c1. The Morgan fingerprint density at radius 2 is 1.50 bits per heavy atom. The fraction of sp³-hybridized carbons (Fsp3) is 0.333. The Hall–Kier alpha value is -3.22. The lowest BCUT2D eigenvalue weighted by molar-refractivity contribution is 0.0316. The number of amidine groups is 1. The summed E-state index contributed by atoms with van der Waals surface area (Å²) in [5.41, 5.74) is 1.69. The third-order valence-electron chi connectivity index (χ3n) is 5.87. The third-order valence-corrected chi connectivity index (χ3v) is 6.38. The van der Waals surface area contributed by atoms with E-state index in [1.165, 1.54) is 0 Å². The maximum absolute atomic E-state index is 13.9. The number of hydrogen-bond acceptors (Lipinski definition) is 5. The van der Waals surface area contributed by atoms with Gasteiger partial charge in [-0.05, 0) is 82.1 Å². The second-order valence-electron chi connectivity index (χ2n) is 10.3. The summed E-state index contributed by atoms with van der Waals surface area (Å²) in [4.78, 5) is 20.6. The van der Waals surface area contributed by atoms with Crippen molar-refractivity contribution in [3.8, 4) is 11.5 Å². The molecule has 0 N–H and O–H groups in total. The van der Waals surface area contributed by atoms with E-state index in [0.29, 0.717) is 32.9 Å². The second kappa shape index (κ2) is 11.3. The highest BCUT2D eigenvalue weighted by Gasteiger charge is 2.45. The first-order valence-electron chi connectivity index (χ1n) is 12.4. The van der Waals surface area contributed by atoms with Crippen LogP contribution < -0.4 is 9.47 Å². The zero-order valence-electron chi connectivity index (χ0n) is 22.4. The molecule has 0 aliphatic carbocycles. The minimum Gasteiger partial charge on any atom is -0.497 e. The Kier molecular flexibility index (Phi) is 8.24. The summed E-state index contributed by atoms with van der Waals surface area (Å²) in [5, 5.41) is 1.22. The summed E-state index contributed by atoms with van der Waals surface area (Å²) in [7, 11) is 1.60. The molecular formula is C30H32Cl2N2O4. The summed E-state index contributed by atoms with van der Waals surface area (Å²) in [6.07, 6.45) is -0.629. The Labute approximate surface area is 234 Å². The van der Waals surface area contributed by atoms with Gasteiger partial charge in [-0.1, -0.05) is 47.5 Å². The van der Waals surface area contributed by atoms with E-state index in [9.17, 15) is 4.79 Å². The first-order chi connectivity index (χ1) is 18.0. The van der Waals surface area contributed by atoms with Crippen molar-refractivity contribution in [2.75, 3.05) is 7.11 Å². The van der Waals surface area contributed by atoms with Crippen LogP contribution in [-0.2, 0) is 4.74 Å². The van der Waals surface area contributed by atoms with E-state index in [4.69, 9.17) is 42.4 Å². The smallest absolute Gasteiger partial charge is 0.416 e. The maximum atomic E-state index is 13.9. The predicted molar refractivity (Wildman–Crippen MR) is 152 cm³/mol. The highest BCUT2D eigenvalue weighted by molar-refractivity contribution is 6.30. The number of nitrogens with zero attached hydrogens (tertiary/aromatic N) is 2. The van der Waals surface area contributed by atoms with E-state index >= 15 is 0 Å². The second-order valence-corrected chi connectivity index (χ2v) is 11.2. The van der Waals surface area contributed by atoms with Crippen molar-refractivity contribution in [3.63, 3.8) is 0 Å². The molecule has 6 nitrogen and oxygen atoms in total. The number of carbonyl (C=O) groups is 1. The summed E-state index contributed by atoms with van der Waals surface area (Å²) in [6.45, 7) is 9.40. The van der Waals surface area contributed by atoms with Crippen molar-refractivity contribution in [2.45, 2.75) is 58.4 Å². The molecule has 0 radical (unpaired) electrons. The highest BCUT2D eigenvalue weighted by atomic mass is 35.5. The standard InChI is InChI=1S/C30H32Cl2N2O4/c1-18(2)37-25-17-23(36-6)15-16-24(25)28-33-26(19-7-11-21(31)12-8-19)27(20-9-13-22(32)14-10-20)34(28)29(35)38-30(3,4)5/h7-18,26-27H,1-6H3/t26-,27-/m0/s1. The van der Waals surface area contributed by atoms with Gasteiger partial charge in [0, 0.05) is 16.1 Å². The molecular weight excluding hydrogens is 523 g/mol. The van der Waals surface area contributed by atoms with Gasteiger partial charge in [-0.3, -0.25) is 9.89 Å². The van der Waals surface area contributed by atoms with Gasteiger partial charge in [0.1, 0.15) is 29.0 Å². The first kappa shape index (κ1) is 27.8. The van der Waals surface area contributed by atoms with Gasteiger partial charge in [-0.15, -0.1) is 0 Å². The summed E-state index contributed by atoms with van der Waals surface area (Å²) < 4.78 is 17.5. The largest absolute Gasteiger partial charge is 0.497 e. The van der Waals surface area contributed by atoms with E-state index in [1.54, 1.807) is 18.1 Å². The summed E-state index contributed by atoms with van der Waals surface area (Å²) in [5.74, 6) is 1.63. The average Bonchev–Trinajstić information content (AvgIpc) is 3.24. The Morgan fingerprint density at radius 3 is 2.03 bits per heavy atom. The Bertz CT molecular complexity index is 1320. The molecule has 200 valence electrons. The lowest BCUT2D eigenvalue weighted by Crippen LogP contribution is -2.41. The van der Waals surface area contributed by atoms with Crippen LogP contribution in [0.25, 0.3) is 0 Å². The van der Waals surface area contributed by atoms with Gasteiger partial charge >= 0.3 is 6.09 Å². The number of rotatable bonds is 6. The van der Waals surface area contributed by atoms with Crippen molar-refractivity contribution in [1.82, 2.24) is 4.90 Å². The number of ether oxygens (including phenoxy) is 3. The topological polar surface area (TPSA) is 60.4 Å². The zero-order chi connectivity index (χ0) is 27.6. The predicted octanol–water partition coefficient (Wildman–Crippen LogP) is 8.27. The molecule has 0 saturated heterocycles. The molecule has 1 aliphatic heterocycles. The van der Waals surface area contributed by atoms with E-state index in [1.807, 2.05) is 95.3 Å². The van der Waals surface area contributed by atoms with Crippen LogP contribution in [0.5, 0.6) is 11.5 Å². The molecule has 2 atom stereocenters. The van der Waals surface area contributed by atoms with Crippen LogP contribution in [0.15, 0.2) is 71.7 Å². The van der Waals surface area contributed by atoms with E-state index in [0.717, 1.165) is 11.1 Å². The van der Waals surface area contributed by atoms with E-state index in [2.05, 4.69) is 0 Å². The number of carbonyl (C=O) groups excluding carboxylic acids is 1. The normalized spacial score (nSPS) is 17.4. The van der Waals surface area contributed by atoms with Crippen molar-refractivity contribution < 1.29 is 19.0 Å². The molecule has 3 aromatic rings. The fourth-order valence-electron chi connectivity index (χ4n) is 4.32. The molecule has 0 spiro atoms. The quantitative estimate of drug-likeness (QED) is 0.307. The number of aliphatic imine (C=N–C) groups is 1. The number of benzene rings is 3. The molecule has 1 amide bonds. The zero-order valence-corrected chi connectivity index (χ0v) is 23.9. The lowest BCUT2D eigenvalue weighted by Gasteiger charge is -2.32. The third kappa shape index (κ3) is 6.25. The van der Waals surface area contributed by atoms with Crippen LogP contribution in [0.3, 0.4) is 0 Å². The molecule has 1 heterocycles. The van der Waals surface area contributed by atoms with E-state index < -0.39 is 23.8 Å². The van der Waals surface area contributed by atoms with E-state index in [-0.39, 0.29) is 6.10 Å². The van der Waals surface area contributed by atoms with Gasteiger partial charge in [0.05, 0.1) is 24.8 Å². The fourth-order valence-corrected chi connectivity index (χ4v) is 4.57. The van der Waals surface area contributed by atoms with Gasteiger partial charge in [0.15, 0.2) is 0 Å². The number of halogens is 2. The highest BCUT2D eigenvalue weighted by Crippen LogP contribution is 2.46. The molecule has 0 saturated carbocycles. The lowest BCUT2D eigenvalue weighted by atomic mass is 9.94. The number of methoxy groups -OCH3 is 1. The first-order valence-corrected chi connectivity index (χ1v) is 13.2. The van der Waals surface area contributed by atoms with Crippen molar-refractivity contribution in [1.29, 1.82) is 0 Å². The van der Waals surface area contributed by atoms with Crippen molar-refractivity contribution in [2.24, 2.45) is 4.99 Å². The molecule has 0 bridgehead atoms. The average molecular weight is 556 g/mol. The molecule has 3 aromatic carbocycles. The number of hydrogen-bond donors (Lipinski definition) is 0. The van der Waals surface area contributed by atoms with Crippen molar-refractivity contribution in [3.05, 3.63) is 93.5 Å². The van der Waals surface area contributed by atoms with Gasteiger partial charge in [-0.25, -0.2) is 4.79 Å². The van der Waals surface area contributed by atoms with Crippen LogP contribution >= 0.6 is 23.2 Å². The molecule has 4 rings (SSSR count). The summed E-state index contributed by atoms with van der Waals surface area (Å²) >= 11 is 12.4. The Morgan fingerprint density at radius 1 is 0.921 bits per heavy atom. The monoisotopic (exact) mass is 554 g/mol. The van der Waals surface area contributed by atoms with Gasteiger partial charge in [0.25, 0.3) is 0 Å². The van der Waals surface area contributed by atoms with Crippen LogP contribution in [0, 0.1) is 0 Å². The molecule has 0 fully saturated rings. The van der Waals surface area contributed by atoms with Crippen LogP contribution in [0.2, 0.25) is 10.0 Å². The van der Waals surface area contributed by atoms with Crippen LogP contribution in [0.1, 0.15) is 63.4 Å². The van der Waals surface area contributed by atoms with Gasteiger partial charge in [0.2, 0.25) is 0 Å². The molecule has 0 aromatic heterocycles. The molecule has 1 aliphatic rings. The van der Waals surface area contributed by atoms with Crippen LogP contribution in [0.4, 0.5) is 4.79 Å². The molecule has 38 heavy (non-hydrogen) atoms. The maximum Gasteiger partial charge on any atom is 0.416 e. The summed E-state index contributed by atoms with van der Waals surface area (Å²) in [6, 6.07) is 19.5. The Balaban J connectivity index is 1.95. The molecule has 0 unspecified atom stereocenters. The van der Waals surface area contributed by atoms with Gasteiger partial charge in [-0.2, -0.15) is 0 Å².